The van der Waals surface area contributed by atoms with Crippen LogP contribution in [0.5, 0.6) is 0 Å². The average Bonchev–Trinajstić information content (AvgIpc) is 2.29. The fourth-order valence-electron chi connectivity index (χ4n) is 1.29. The van der Waals surface area contributed by atoms with Crippen molar-refractivity contribution in [3.63, 3.8) is 0 Å². The molecule has 0 atom stereocenters. The molecule has 1 aromatic rings. The number of carbonyl (C=O) groups excluding carboxylic acids is 1. The maximum absolute atomic E-state index is 10.5. The van der Waals surface area contributed by atoms with E-state index in [1.807, 2.05) is 6.92 Å². The van der Waals surface area contributed by atoms with Crippen molar-refractivity contribution in [3.05, 3.63) is 17.4 Å². The normalized spacial score (nSPS) is 11.7. The largest absolute Gasteiger partial charge is 0.473 e. The predicted molar refractivity (Wildman–Crippen MR) is 51.8 cm³/mol. The molecule has 0 spiro atoms. The Morgan fingerprint density at radius 3 is 2.25 bits per heavy atom. The lowest BCUT2D eigenvalue weighted by Gasteiger charge is -2.12. The smallest absolute Gasteiger partial charge is 0.153 e. The first-order valence-corrected chi connectivity index (χ1v) is 7.50. The van der Waals surface area contributed by atoms with Crippen LogP contribution in [0.4, 0.5) is 0 Å². The van der Waals surface area contributed by atoms with E-state index < -0.39 is 8.07 Å². The Morgan fingerprint density at radius 1 is 1.42 bits per heavy atom. The first-order chi connectivity index (χ1) is 5.46. The Balaban J connectivity index is 3.19. The van der Waals surface area contributed by atoms with E-state index in [0.29, 0.717) is 5.56 Å². The fourth-order valence-corrected chi connectivity index (χ4v) is 2.97. The zero-order valence-electron chi connectivity index (χ0n) is 7.97. The lowest BCUT2D eigenvalue weighted by Crippen LogP contribution is -2.38. The van der Waals surface area contributed by atoms with Crippen LogP contribution >= 0.6 is 0 Å². The summed E-state index contributed by atoms with van der Waals surface area (Å²) in [5, 5.41) is 1.03. The van der Waals surface area contributed by atoms with E-state index in [9.17, 15) is 4.79 Å². The van der Waals surface area contributed by atoms with Crippen LogP contribution in [0.3, 0.4) is 0 Å². The molecule has 12 heavy (non-hydrogen) atoms. The molecule has 1 aromatic heterocycles. The van der Waals surface area contributed by atoms with Gasteiger partial charge in [-0.25, -0.2) is 0 Å². The Morgan fingerprint density at radius 2 is 2.00 bits per heavy atom. The first-order valence-electron chi connectivity index (χ1n) is 4.00. The van der Waals surface area contributed by atoms with E-state index in [4.69, 9.17) is 4.42 Å². The van der Waals surface area contributed by atoms with E-state index in [-0.39, 0.29) is 0 Å². The fraction of sp³-hybridized carbons (Fsp3) is 0.444. The highest BCUT2D eigenvalue weighted by atomic mass is 28.3. The molecule has 0 saturated heterocycles. The van der Waals surface area contributed by atoms with Crippen LogP contribution in [-0.4, -0.2) is 14.4 Å². The second-order valence-electron chi connectivity index (χ2n) is 4.01. The van der Waals surface area contributed by atoms with Gasteiger partial charge in [-0.3, -0.25) is 4.79 Å². The Labute approximate surface area is 73.6 Å². The van der Waals surface area contributed by atoms with Gasteiger partial charge in [0.1, 0.15) is 14.3 Å². The van der Waals surface area contributed by atoms with E-state index in [2.05, 4.69) is 19.6 Å². The van der Waals surface area contributed by atoms with E-state index >= 15 is 0 Å². The third-order valence-corrected chi connectivity index (χ3v) is 3.74. The van der Waals surface area contributed by atoms with Crippen LogP contribution in [0.25, 0.3) is 0 Å². The van der Waals surface area contributed by atoms with Crippen LogP contribution in [0.1, 0.15) is 15.9 Å². The lowest BCUT2D eigenvalue weighted by molar-refractivity contribution is 0.112. The minimum Gasteiger partial charge on any atom is -0.473 e. The van der Waals surface area contributed by atoms with Crippen molar-refractivity contribution in [1.82, 2.24) is 0 Å². The van der Waals surface area contributed by atoms with Crippen molar-refractivity contribution in [2.75, 3.05) is 0 Å². The van der Waals surface area contributed by atoms with Gasteiger partial charge in [0, 0.05) is 0 Å². The van der Waals surface area contributed by atoms with Gasteiger partial charge in [-0.1, -0.05) is 19.6 Å². The number of carbonyl (C=O) groups is 1. The Kier molecular flexibility index (Phi) is 2.24. The standard InChI is InChI=1S/C9H14O2Si/c1-7-8(5-10)6-11-9(7)12(2,3)4/h5-6H,1-4H3. The van der Waals surface area contributed by atoms with Gasteiger partial charge in [-0.05, 0) is 12.5 Å². The number of hydrogen-bond acceptors (Lipinski definition) is 2. The maximum atomic E-state index is 10.5. The molecule has 0 aromatic carbocycles. The monoisotopic (exact) mass is 182 g/mol. The summed E-state index contributed by atoms with van der Waals surface area (Å²) in [5.74, 6) is 0. The lowest BCUT2D eigenvalue weighted by atomic mass is 10.2. The summed E-state index contributed by atoms with van der Waals surface area (Å²) < 4.78 is 5.38. The summed E-state index contributed by atoms with van der Waals surface area (Å²) in [4.78, 5) is 10.5. The van der Waals surface area contributed by atoms with Crippen LogP contribution in [0.15, 0.2) is 10.7 Å². The van der Waals surface area contributed by atoms with Crippen molar-refractivity contribution in [3.8, 4) is 0 Å². The molecule has 0 radical (unpaired) electrons. The number of aldehydes is 1. The molecular formula is C9H14O2Si. The zero-order valence-corrected chi connectivity index (χ0v) is 8.97. The highest BCUT2D eigenvalue weighted by Gasteiger charge is 2.24. The van der Waals surface area contributed by atoms with Gasteiger partial charge in [-0.2, -0.15) is 0 Å². The molecule has 1 heterocycles. The van der Waals surface area contributed by atoms with Crippen molar-refractivity contribution >= 4 is 19.7 Å². The van der Waals surface area contributed by atoms with Gasteiger partial charge in [0.05, 0.1) is 10.9 Å². The molecule has 0 fully saturated rings. The number of furan rings is 1. The minimum absolute atomic E-state index is 0.687. The van der Waals surface area contributed by atoms with Gasteiger partial charge >= 0.3 is 0 Å². The molecule has 3 heteroatoms. The van der Waals surface area contributed by atoms with Gasteiger partial charge in [0.25, 0.3) is 0 Å². The summed E-state index contributed by atoms with van der Waals surface area (Å²) in [6.45, 7) is 8.55. The second kappa shape index (κ2) is 2.90. The molecule has 1 rings (SSSR count). The van der Waals surface area contributed by atoms with E-state index in [1.165, 1.54) is 0 Å². The molecule has 0 amide bonds. The zero-order chi connectivity index (χ0) is 9.35. The van der Waals surface area contributed by atoms with E-state index in [1.54, 1.807) is 6.26 Å². The van der Waals surface area contributed by atoms with Gasteiger partial charge in [0.2, 0.25) is 0 Å². The molecule has 0 unspecified atom stereocenters. The predicted octanol–water partition coefficient (Wildman–Crippen LogP) is 1.95. The summed E-state index contributed by atoms with van der Waals surface area (Å²) >= 11 is 0. The molecule has 0 saturated carbocycles. The van der Waals surface area contributed by atoms with Gasteiger partial charge in [0.15, 0.2) is 6.29 Å². The first kappa shape index (κ1) is 9.26. The van der Waals surface area contributed by atoms with Crippen LogP contribution in [0, 0.1) is 6.92 Å². The Bertz CT molecular complexity index is 294. The maximum Gasteiger partial charge on any atom is 0.153 e. The molecule has 0 aliphatic rings. The topological polar surface area (TPSA) is 30.2 Å². The van der Waals surface area contributed by atoms with Gasteiger partial charge < -0.3 is 4.42 Å². The van der Waals surface area contributed by atoms with Crippen LogP contribution in [0.2, 0.25) is 19.6 Å². The molecule has 66 valence electrons. The van der Waals surface area contributed by atoms with Crippen molar-refractivity contribution in [2.24, 2.45) is 0 Å². The summed E-state index contributed by atoms with van der Waals surface area (Å²) in [6, 6.07) is 0. The SMILES string of the molecule is Cc1c(C=O)coc1[Si](C)(C)C. The van der Waals surface area contributed by atoms with Crippen molar-refractivity contribution < 1.29 is 9.21 Å². The third kappa shape index (κ3) is 1.50. The molecule has 0 aliphatic carbocycles. The third-order valence-electron chi connectivity index (χ3n) is 1.89. The molecule has 2 nitrogen and oxygen atoms in total. The quantitative estimate of drug-likeness (QED) is 0.517. The molecule has 0 bridgehead atoms. The summed E-state index contributed by atoms with van der Waals surface area (Å²) in [6.07, 6.45) is 2.40. The van der Waals surface area contributed by atoms with Crippen LogP contribution < -0.4 is 5.38 Å². The number of hydrogen-bond donors (Lipinski definition) is 0. The van der Waals surface area contributed by atoms with Crippen LogP contribution in [-0.2, 0) is 0 Å². The highest BCUT2D eigenvalue weighted by Crippen LogP contribution is 2.11. The minimum atomic E-state index is -1.40. The molecular weight excluding hydrogens is 168 g/mol. The average molecular weight is 182 g/mol. The van der Waals surface area contributed by atoms with Crippen molar-refractivity contribution in [2.45, 2.75) is 26.6 Å². The van der Waals surface area contributed by atoms with Gasteiger partial charge in [-0.15, -0.1) is 0 Å². The highest BCUT2D eigenvalue weighted by molar-refractivity contribution is 6.88. The molecule has 0 aliphatic heterocycles. The summed E-state index contributed by atoms with van der Waals surface area (Å²) in [5.41, 5.74) is 1.71. The second-order valence-corrected chi connectivity index (χ2v) is 8.97. The number of rotatable bonds is 2. The Hall–Kier alpha value is -0.833. The van der Waals surface area contributed by atoms with E-state index in [0.717, 1.165) is 17.2 Å². The van der Waals surface area contributed by atoms with Crippen molar-refractivity contribution in [1.29, 1.82) is 0 Å². The summed E-state index contributed by atoms with van der Waals surface area (Å²) in [7, 11) is -1.40. The molecule has 0 N–H and O–H groups in total.